The summed E-state index contributed by atoms with van der Waals surface area (Å²) in [7, 11) is 0. The Morgan fingerprint density at radius 2 is 2.18 bits per heavy atom. The molecule has 0 radical (unpaired) electrons. The number of carbonyl (C=O) groups is 1. The van der Waals surface area contributed by atoms with Crippen molar-refractivity contribution in [3.05, 3.63) is 24.0 Å². The lowest BCUT2D eigenvalue weighted by atomic mass is 10.2. The Kier molecular flexibility index (Phi) is 3.46. The Labute approximate surface area is 99.4 Å². The van der Waals surface area contributed by atoms with E-state index < -0.39 is 0 Å². The van der Waals surface area contributed by atoms with Gasteiger partial charge in [0.05, 0.1) is 11.4 Å². The third-order valence-electron chi connectivity index (χ3n) is 2.70. The second-order valence-corrected chi connectivity index (χ2v) is 4.22. The molecule has 1 saturated carbocycles. The second kappa shape index (κ2) is 5.03. The van der Waals surface area contributed by atoms with Crippen molar-refractivity contribution in [2.45, 2.75) is 12.8 Å². The van der Waals surface area contributed by atoms with Crippen LogP contribution in [0.25, 0.3) is 0 Å². The Morgan fingerprint density at radius 1 is 1.41 bits per heavy atom. The van der Waals surface area contributed by atoms with E-state index in [0.29, 0.717) is 24.5 Å². The van der Waals surface area contributed by atoms with Crippen molar-refractivity contribution >= 4 is 17.3 Å². The zero-order chi connectivity index (χ0) is 12.3. The van der Waals surface area contributed by atoms with Crippen LogP contribution in [0.15, 0.2) is 18.2 Å². The highest BCUT2D eigenvalue weighted by atomic mass is 19.1. The maximum atomic E-state index is 12.9. The monoisotopic (exact) mass is 237 g/mol. The van der Waals surface area contributed by atoms with E-state index in [1.807, 2.05) is 0 Å². The van der Waals surface area contributed by atoms with Gasteiger partial charge in [-0.1, -0.05) is 0 Å². The van der Waals surface area contributed by atoms with Crippen molar-refractivity contribution in [3.8, 4) is 0 Å². The third-order valence-corrected chi connectivity index (χ3v) is 2.70. The standard InChI is InChI=1S/C12H16FN3O/c13-9-3-4-10(14)11(7-9)15-5-6-16-12(17)8-1-2-8/h3-4,7-8,15H,1-2,5-6,14H2,(H,16,17). The first-order chi connectivity index (χ1) is 8.16. The molecule has 0 bridgehead atoms. The zero-order valence-electron chi connectivity index (χ0n) is 9.50. The van der Waals surface area contributed by atoms with Gasteiger partial charge in [-0.2, -0.15) is 0 Å². The molecule has 1 fully saturated rings. The molecular formula is C12H16FN3O. The molecule has 2 rings (SSSR count). The first-order valence-corrected chi connectivity index (χ1v) is 5.73. The van der Waals surface area contributed by atoms with Gasteiger partial charge in [0.1, 0.15) is 5.82 Å². The lowest BCUT2D eigenvalue weighted by molar-refractivity contribution is -0.122. The minimum atomic E-state index is -0.330. The van der Waals surface area contributed by atoms with Gasteiger partial charge in [-0.25, -0.2) is 4.39 Å². The number of benzene rings is 1. The van der Waals surface area contributed by atoms with E-state index >= 15 is 0 Å². The molecule has 4 nitrogen and oxygen atoms in total. The third kappa shape index (κ3) is 3.34. The molecule has 1 aliphatic carbocycles. The van der Waals surface area contributed by atoms with E-state index in [1.54, 1.807) is 0 Å². The summed E-state index contributed by atoms with van der Waals surface area (Å²) in [6.07, 6.45) is 1.99. The van der Waals surface area contributed by atoms with Crippen LogP contribution in [-0.2, 0) is 4.79 Å². The number of nitrogens with two attached hydrogens (primary N) is 1. The minimum Gasteiger partial charge on any atom is -0.397 e. The van der Waals surface area contributed by atoms with Gasteiger partial charge in [0.25, 0.3) is 0 Å². The van der Waals surface area contributed by atoms with Crippen molar-refractivity contribution in [2.24, 2.45) is 5.92 Å². The highest BCUT2D eigenvalue weighted by Gasteiger charge is 2.28. The lowest BCUT2D eigenvalue weighted by Gasteiger charge is -2.10. The first kappa shape index (κ1) is 11.7. The van der Waals surface area contributed by atoms with E-state index in [1.165, 1.54) is 18.2 Å². The average molecular weight is 237 g/mol. The molecule has 0 unspecified atom stereocenters. The molecule has 1 aromatic carbocycles. The topological polar surface area (TPSA) is 67.2 Å². The molecule has 1 aromatic rings. The molecule has 1 aliphatic rings. The Balaban J connectivity index is 1.73. The molecule has 0 spiro atoms. The van der Waals surface area contributed by atoms with Crippen molar-refractivity contribution in [3.63, 3.8) is 0 Å². The maximum absolute atomic E-state index is 12.9. The molecular weight excluding hydrogens is 221 g/mol. The minimum absolute atomic E-state index is 0.110. The summed E-state index contributed by atoms with van der Waals surface area (Å²) in [6, 6.07) is 4.17. The fourth-order valence-electron chi connectivity index (χ4n) is 1.55. The number of nitrogen functional groups attached to an aromatic ring is 1. The van der Waals surface area contributed by atoms with Gasteiger partial charge in [-0.15, -0.1) is 0 Å². The molecule has 0 aromatic heterocycles. The number of halogens is 1. The Bertz CT molecular complexity index is 418. The van der Waals surface area contributed by atoms with Gasteiger partial charge in [0.15, 0.2) is 0 Å². The quantitative estimate of drug-likeness (QED) is 0.535. The summed E-state index contributed by atoms with van der Waals surface area (Å²) in [5.41, 5.74) is 6.73. The van der Waals surface area contributed by atoms with E-state index in [0.717, 1.165) is 12.8 Å². The van der Waals surface area contributed by atoms with Crippen molar-refractivity contribution in [1.82, 2.24) is 5.32 Å². The summed E-state index contributed by atoms with van der Waals surface area (Å²) in [5, 5.41) is 5.80. The van der Waals surface area contributed by atoms with Crippen LogP contribution < -0.4 is 16.4 Å². The fraction of sp³-hybridized carbons (Fsp3) is 0.417. The van der Waals surface area contributed by atoms with Gasteiger partial charge in [-0.3, -0.25) is 4.79 Å². The first-order valence-electron chi connectivity index (χ1n) is 5.73. The zero-order valence-corrected chi connectivity index (χ0v) is 9.50. The fourth-order valence-corrected chi connectivity index (χ4v) is 1.55. The smallest absolute Gasteiger partial charge is 0.223 e. The number of nitrogens with one attached hydrogen (secondary N) is 2. The molecule has 0 saturated heterocycles. The number of rotatable bonds is 5. The summed E-state index contributed by atoms with van der Waals surface area (Å²) < 4.78 is 12.9. The Hall–Kier alpha value is -1.78. The Morgan fingerprint density at radius 3 is 2.88 bits per heavy atom. The number of amides is 1. The highest BCUT2D eigenvalue weighted by molar-refractivity contribution is 5.80. The molecule has 0 heterocycles. The summed E-state index contributed by atoms with van der Waals surface area (Å²) in [6.45, 7) is 1.05. The molecule has 4 N–H and O–H groups in total. The van der Waals surface area contributed by atoms with Gasteiger partial charge in [0.2, 0.25) is 5.91 Å². The van der Waals surface area contributed by atoms with Crippen molar-refractivity contribution in [1.29, 1.82) is 0 Å². The summed E-state index contributed by atoms with van der Waals surface area (Å²) >= 11 is 0. The number of anilines is 2. The van der Waals surface area contributed by atoms with Crippen molar-refractivity contribution < 1.29 is 9.18 Å². The van der Waals surface area contributed by atoms with E-state index in [4.69, 9.17) is 5.73 Å². The summed E-state index contributed by atoms with van der Waals surface area (Å²) in [5.74, 6) is -0.00281. The van der Waals surface area contributed by atoms with Gasteiger partial charge < -0.3 is 16.4 Å². The lowest BCUT2D eigenvalue weighted by Crippen LogP contribution is -2.29. The van der Waals surface area contributed by atoms with Gasteiger partial charge >= 0.3 is 0 Å². The highest BCUT2D eigenvalue weighted by Crippen LogP contribution is 2.28. The molecule has 17 heavy (non-hydrogen) atoms. The molecule has 1 amide bonds. The van der Waals surface area contributed by atoms with E-state index in [9.17, 15) is 9.18 Å². The molecule has 0 aliphatic heterocycles. The largest absolute Gasteiger partial charge is 0.397 e. The van der Waals surface area contributed by atoms with Crippen LogP contribution in [0.4, 0.5) is 15.8 Å². The van der Waals surface area contributed by atoms with Crippen LogP contribution in [0.1, 0.15) is 12.8 Å². The molecule has 5 heteroatoms. The van der Waals surface area contributed by atoms with E-state index in [-0.39, 0.29) is 17.6 Å². The predicted molar refractivity (Wildman–Crippen MR) is 65.0 cm³/mol. The van der Waals surface area contributed by atoms with Crippen LogP contribution in [-0.4, -0.2) is 19.0 Å². The number of hydrogen-bond donors (Lipinski definition) is 3. The molecule has 92 valence electrons. The normalized spacial score (nSPS) is 14.4. The average Bonchev–Trinajstić information content (AvgIpc) is 3.12. The van der Waals surface area contributed by atoms with Crippen LogP contribution >= 0.6 is 0 Å². The van der Waals surface area contributed by atoms with Crippen LogP contribution in [0, 0.1) is 11.7 Å². The maximum Gasteiger partial charge on any atom is 0.223 e. The van der Waals surface area contributed by atoms with Gasteiger partial charge in [-0.05, 0) is 31.0 Å². The summed E-state index contributed by atoms with van der Waals surface area (Å²) in [4.78, 5) is 11.3. The number of hydrogen-bond acceptors (Lipinski definition) is 3. The SMILES string of the molecule is Nc1ccc(F)cc1NCCNC(=O)C1CC1. The second-order valence-electron chi connectivity index (χ2n) is 4.22. The predicted octanol–water partition coefficient (Wildman–Crippen LogP) is 1.35. The van der Waals surface area contributed by atoms with Gasteiger partial charge in [0, 0.05) is 19.0 Å². The van der Waals surface area contributed by atoms with Crippen LogP contribution in [0.3, 0.4) is 0 Å². The van der Waals surface area contributed by atoms with E-state index in [2.05, 4.69) is 10.6 Å². The van der Waals surface area contributed by atoms with Crippen LogP contribution in [0.2, 0.25) is 0 Å². The van der Waals surface area contributed by atoms with Crippen molar-refractivity contribution in [2.75, 3.05) is 24.1 Å². The molecule has 0 atom stereocenters. The number of carbonyl (C=O) groups excluding carboxylic acids is 1. The van der Waals surface area contributed by atoms with Crippen LogP contribution in [0.5, 0.6) is 0 Å².